The Morgan fingerprint density at radius 2 is 1.95 bits per heavy atom. The van der Waals surface area contributed by atoms with Crippen LogP contribution in [0.4, 0.5) is 4.39 Å². The summed E-state index contributed by atoms with van der Waals surface area (Å²) in [7, 11) is 1.52. The van der Waals surface area contributed by atoms with Gasteiger partial charge in [-0.1, -0.05) is 12.1 Å². The number of halogens is 2. The van der Waals surface area contributed by atoms with E-state index in [0.29, 0.717) is 18.7 Å². The minimum atomic E-state index is -0.524. The van der Waals surface area contributed by atoms with Gasteiger partial charge in [-0.25, -0.2) is 4.39 Å². The first-order chi connectivity index (χ1) is 10.0. The van der Waals surface area contributed by atoms with Gasteiger partial charge in [0.05, 0.1) is 12.1 Å². The Hall–Kier alpha value is -1.66. The van der Waals surface area contributed by atoms with Crippen LogP contribution in [0.15, 0.2) is 18.2 Å². The number of piperazine rings is 1. The first-order valence-corrected chi connectivity index (χ1v) is 7.00. The van der Waals surface area contributed by atoms with Crippen LogP contribution in [0.1, 0.15) is 15.9 Å². The van der Waals surface area contributed by atoms with E-state index in [0.717, 1.165) is 13.1 Å². The summed E-state index contributed by atoms with van der Waals surface area (Å²) in [6.45, 7) is 4.37. The second-order valence-electron chi connectivity index (χ2n) is 5.23. The molecule has 2 amide bonds. The number of nitrogens with zero attached hydrogens (tertiary/aromatic N) is 2. The van der Waals surface area contributed by atoms with Crippen molar-refractivity contribution in [2.24, 2.45) is 0 Å². The van der Waals surface area contributed by atoms with Crippen molar-refractivity contribution in [1.82, 2.24) is 15.1 Å². The number of hydrogen-bond donors (Lipinski definition) is 1. The molecule has 1 aromatic carbocycles. The predicted octanol–water partition coefficient (Wildman–Crippen LogP) is 1.06. The molecule has 0 radical (unpaired) electrons. The molecule has 1 aromatic rings. The van der Waals surface area contributed by atoms with Crippen molar-refractivity contribution in [2.75, 3.05) is 39.8 Å². The highest BCUT2D eigenvalue weighted by Gasteiger charge is 2.22. The van der Waals surface area contributed by atoms with E-state index in [1.165, 1.54) is 18.0 Å². The van der Waals surface area contributed by atoms with Crippen molar-refractivity contribution in [2.45, 2.75) is 6.92 Å². The van der Waals surface area contributed by atoms with Gasteiger partial charge in [0.2, 0.25) is 5.91 Å². The lowest BCUT2D eigenvalue weighted by Gasteiger charge is -2.29. The number of nitrogens with one attached hydrogen (secondary N) is 1. The summed E-state index contributed by atoms with van der Waals surface area (Å²) in [5, 5.41) is 3.16. The van der Waals surface area contributed by atoms with Gasteiger partial charge in [-0.05, 0) is 18.6 Å². The normalized spacial score (nSPS) is 14.2. The Labute approximate surface area is 135 Å². The molecule has 7 heteroatoms. The summed E-state index contributed by atoms with van der Waals surface area (Å²) < 4.78 is 14.0. The molecule has 1 heterocycles. The van der Waals surface area contributed by atoms with Crippen molar-refractivity contribution >= 4 is 24.2 Å². The summed E-state index contributed by atoms with van der Waals surface area (Å²) in [5.41, 5.74) is 0.424. The molecular weight excluding hydrogens is 309 g/mol. The summed E-state index contributed by atoms with van der Waals surface area (Å²) in [5.74, 6) is -1.11. The maximum absolute atomic E-state index is 14.0. The Balaban J connectivity index is 0.00000242. The van der Waals surface area contributed by atoms with E-state index in [2.05, 4.69) is 5.32 Å². The van der Waals surface area contributed by atoms with E-state index < -0.39 is 11.7 Å². The third kappa shape index (κ3) is 4.18. The topological polar surface area (TPSA) is 52.7 Å². The molecule has 0 saturated carbocycles. The number of hydrogen-bond acceptors (Lipinski definition) is 3. The zero-order valence-electron chi connectivity index (χ0n) is 12.8. The van der Waals surface area contributed by atoms with Crippen LogP contribution in [0, 0.1) is 12.7 Å². The highest BCUT2D eigenvalue weighted by Crippen LogP contribution is 2.13. The molecule has 1 fully saturated rings. The molecular formula is C15H21ClFN3O2. The molecule has 0 unspecified atom stereocenters. The minimum absolute atomic E-state index is 0. The Morgan fingerprint density at radius 3 is 2.59 bits per heavy atom. The predicted molar refractivity (Wildman–Crippen MR) is 84.8 cm³/mol. The first kappa shape index (κ1) is 18.4. The maximum Gasteiger partial charge on any atom is 0.257 e. The number of amides is 2. The van der Waals surface area contributed by atoms with E-state index in [9.17, 15) is 14.0 Å². The molecule has 0 aromatic heterocycles. The quantitative estimate of drug-likeness (QED) is 0.902. The monoisotopic (exact) mass is 329 g/mol. The number of aryl methyl sites for hydroxylation is 1. The number of carbonyl (C=O) groups excluding carboxylic acids is 2. The van der Waals surface area contributed by atoms with Crippen LogP contribution in [-0.2, 0) is 4.79 Å². The standard InChI is InChI=1S/C15H20FN3O2.ClH/c1-11-4-3-5-12(14(11)16)15(21)18(2)10-13(20)19-8-6-17-7-9-19;/h3-5,17H,6-10H2,1-2H3;1H. The Bertz CT molecular complexity index is 548. The van der Waals surface area contributed by atoms with Gasteiger partial charge in [-0.2, -0.15) is 0 Å². The minimum Gasteiger partial charge on any atom is -0.339 e. The number of carbonyl (C=O) groups is 2. The molecule has 0 aliphatic carbocycles. The van der Waals surface area contributed by atoms with Crippen LogP contribution in [0.2, 0.25) is 0 Å². The fourth-order valence-corrected chi connectivity index (χ4v) is 2.31. The van der Waals surface area contributed by atoms with Gasteiger partial charge in [-0.15, -0.1) is 12.4 Å². The van der Waals surface area contributed by atoms with E-state index in [-0.39, 0.29) is 30.4 Å². The molecule has 0 atom stereocenters. The van der Waals surface area contributed by atoms with E-state index in [1.807, 2.05) is 0 Å². The van der Waals surface area contributed by atoms with Gasteiger partial charge in [0.1, 0.15) is 5.82 Å². The van der Waals surface area contributed by atoms with Gasteiger partial charge in [0.25, 0.3) is 5.91 Å². The lowest BCUT2D eigenvalue weighted by molar-refractivity contribution is -0.132. The molecule has 2 rings (SSSR count). The molecule has 5 nitrogen and oxygen atoms in total. The molecule has 1 saturated heterocycles. The van der Waals surface area contributed by atoms with Crippen LogP contribution < -0.4 is 5.32 Å². The Kier molecular flexibility index (Phi) is 6.77. The lowest BCUT2D eigenvalue weighted by Crippen LogP contribution is -2.49. The fourth-order valence-electron chi connectivity index (χ4n) is 2.31. The summed E-state index contributed by atoms with van der Waals surface area (Å²) in [4.78, 5) is 27.3. The van der Waals surface area contributed by atoms with E-state index in [1.54, 1.807) is 24.0 Å². The Morgan fingerprint density at radius 1 is 1.32 bits per heavy atom. The van der Waals surface area contributed by atoms with Crippen molar-refractivity contribution in [3.8, 4) is 0 Å². The van der Waals surface area contributed by atoms with Crippen LogP contribution in [-0.4, -0.2) is 61.4 Å². The van der Waals surface area contributed by atoms with Crippen LogP contribution in [0.5, 0.6) is 0 Å². The van der Waals surface area contributed by atoms with Crippen LogP contribution in [0.25, 0.3) is 0 Å². The molecule has 1 aliphatic rings. The molecule has 1 N–H and O–H groups in total. The first-order valence-electron chi connectivity index (χ1n) is 7.00. The summed E-state index contributed by atoms with van der Waals surface area (Å²) in [6, 6.07) is 4.69. The lowest BCUT2D eigenvalue weighted by atomic mass is 10.1. The van der Waals surface area contributed by atoms with Crippen molar-refractivity contribution in [1.29, 1.82) is 0 Å². The maximum atomic E-state index is 14.0. The second kappa shape index (κ2) is 8.10. The molecule has 1 aliphatic heterocycles. The number of rotatable bonds is 3. The summed E-state index contributed by atoms with van der Waals surface area (Å²) >= 11 is 0. The fraction of sp³-hybridized carbons (Fsp3) is 0.467. The van der Waals surface area contributed by atoms with Gasteiger partial charge < -0.3 is 15.1 Å². The molecule has 0 spiro atoms. The smallest absolute Gasteiger partial charge is 0.257 e. The average Bonchev–Trinajstić information content (AvgIpc) is 2.50. The third-order valence-electron chi connectivity index (χ3n) is 3.61. The number of benzene rings is 1. The van der Waals surface area contributed by atoms with Gasteiger partial charge in [0.15, 0.2) is 0 Å². The zero-order chi connectivity index (χ0) is 15.4. The SMILES string of the molecule is Cc1cccc(C(=O)N(C)CC(=O)N2CCNCC2)c1F.Cl. The largest absolute Gasteiger partial charge is 0.339 e. The highest BCUT2D eigenvalue weighted by atomic mass is 35.5. The van der Waals surface area contributed by atoms with Crippen molar-refractivity contribution in [3.63, 3.8) is 0 Å². The van der Waals surface area contributed by atoms with Crippen molar-refractivity contribution in [3.05, 3.63) is 35.1 Å². The average molecular weight is 330 g/mol. The zero-order valence-corrected chi connectivity index (χ0v) is 13.6. The summed E-state index contributed by atoms with van der Waals surface area (Å²) in [6.07, 6.45) is 0. The highest BCUT2D eigenvalue weighted by molar-refractivity contribution is 5.96. The van der Waals surface area contributed by atoms with Gasteiger partial charge in [-0.3, -0.25) is 9.59 Å². The van der Waals surface area contributed by atoms with Gasteiger partial charge in [0, 0.05) is 33.2 Å². The molecule has 22 heavy (non-hydrogen) atoms. The van der Waals surface area contributed by atoms with E-state index >= 15 is 0 Å². The van der Waals surface area contributed by atoms with E-state index in [4.69, 9.17) is 0 Å². The van der Waals surface area contributed by atoms with Crippen molar-refractivity contribution < 1.29 is 14.0 Å². The number of likely N-dealkylation sites (N-methyl/N-ethyl adjacent to an activating group) is 1. The van der Waals surface area contributed by atoms with Gasteiger partial charge >= 0.3 is 0 Å². The molecule has 0 bridgehead atoms. The van der Waals surface area contributed by atoms with Crippen LogP contribution in [0.3, 0.4) is 0 Å². The second-order valence-corrected chi connectivity index (χ2v) is 5.23. The van der Waals surface area contributed by atoms with Crippen LogP contribution >= 0.6 is 12.4 Å². The third-order valence-corrected chi connectivity index (χ3v) is 3.61. The molecule has 122 valence electrons.